The molecule has 2 aromatic rings. The number of nitrogens with one attached hydrogen (secondary N) is 2. The fourth-order valence-corrected chi connectivity index (χ4v) is 1.99. The van der Waals surface area contributed by atoms with Crippen LogP contribution in [0.4, 0.5) is 11.4 Å². The van der Waals surface area contributed by atoms with E-state index in [2.05, 4.69) is 16.7 Å². The maximum atomic E-state index is 11.9. The summed E-state index contributed by atoms with van der Waals surface area (Å²) in [6, 6.07) is 15.1. The van der Waals surface area contributed by atoms with Gasteiger partial charge in [0.1, 0.15) is 0 Å². The van der Waals surface area contributed by atoms with Gasteiger partial charge in [-0.15, -0.1) is 0 Å². The first-order chi connectivity index (χ1) is 10.1. The lowest BCUT2D eigenvalue weighted by Crippen LogP contribution is -2.22. The lowest BCUT2D eigenvalue weighted by Gasteiger charge is -2.10. The molecule has 0 unspecified atom stereocenters. The van der Waals surface area contributed by atoms with Crippen molar-refractivity contribution in [3.8, 4) is 6.07 Å². The third-order valence-electron chi connectivity index (χ3n) is 3.11. The summed E-state index contributed by atoms with van der Waals surface area (Å²) in [5, 5.41) is 14.8. The molecule has 106 valence electrons. The Kier molecular flexibility index (Phi) is 4.57. The average Bonchev–Trinajstić information content (AvgIpc) is 2.46. The molecule has 0 atom stereocenters. The molecule has 0 aliphatic heterocycles. The number of aryl methyl sites for hydroxylation is 2. The van der Waals surface area contributed by atoms with Crippen molar-refractivity contribution in [2.24, 2.45) is 0 Å². The monoisotopic (exact) mass is 279 g/mol. The lowest BCUT2D eigenvalue weighted by molar-refractivity contribution is -0.114. The van der Waals surface area contributed by atoms with Crippen LogP contribution in [0.5, 0.6) is 0 Å². The van der Waals surface area contributed by atoms with Gasteiger partial charge in [-0.2, -0.15) is 5.26 Å². The Bertz CT molecular complexity index is 701. The summed E-state index contributed by atoms with van der Waals surface area (Å²) in [6.07, 6.45) is 0. The van der Waals surface area contributed by atoms with Gasteiger partial charge in [-0.25, -0.2) is 0 Å². The molecule has 21 heavy (non-hydrogen) atoms. The summed E-state index contributed by atoms with van der Waals surface area (Å²) in [5.41, 5.74) is 4.25. The summed E-state index contributed by atoms with van der Waals surface area (Å²) < 4.78 is 0. The number of carbonyl (C=O) groups excluding carboxylic acids is 1. The van der Waals surface area contributed by atoms with E-state index in [-0.39, 0.29) is 12.5 Å². The van der Waals surface area contributed by atoms with Crippen LogP contribution in [0.15, 0.2) is 42.5 Å². The molecule has 0 aromatic heterocycles. The average molecular weight is 279 g/mol. The zero-order valence-electron chi connectivity index (χ0n) is 12.1. The minimum atomic E-state index is -0.123. The van der Waals surface area contributed by atoms with Crippen molar-refractivity contribution >= 4 is 17.3 Å². The van der Waals surface area contributed by atoms with E-state index in [0.29, 0.717) is 5.56 Å². The highest BCUT2D eigenvalue weighted by molar-refractivity contribution is 5.93. The van der Waals surface area contributed by atoms with Crippen molar-refractivity contribution in [1.29, 1.82) is 5.26 Å². The fraction of sp³-hybridized carbons (Fsp3) is 0.176. The van der Waals surface area contributed by atoms with Crippen LogP contribution in [0.3, 0.4) is 0 Å². The van der Waals surface area contributed by atoms with E-state index >= 15 is 0 Å². The van der Waals surface area contributed by atoms with Crippen molar-refractivity contribution in [3.05, 3.63) is 59.2 Å². The van der Waals surface area contributed by atoms with Gasteiger partial charge in [-0.1, -0.05) is 18.2 Å². The van der Waals surface area contributed by atoms with Crippen LogP contribution in [0.2, 0.25) is 0 Å². The third-order valence-corrected chi connectivity index (χ3v) is 3.11. The summed E-state index contributed by atoms with van der Waals surface area (Å²) in [7, 11) is 0. The third kappa shape index (κ3) is 4.08. The molecule has 0 fully saturated rings. The second-order valence-corrected chi connectivity index (χ2v) is 4.91. The maximum absolute atomic E-state index is 11.9. The largest absolute Gasteiger partial charge is 0.376 e. The van der Waals surface area contributed by atoms with Gasteiger partial charge in [0.2, 0.25) is 5.91 Å². The number of hydrogen-bond donors (Lipinski definition) is 2. The van der Waals surface area contributed by atoms with Crippen molar-refractivity contribution < 1.29 is 4.79 Å². The van der Waals surface area contributed by atoms with Crippen LogP contribution in [-0.4, -0.2) is 12.5 Å². The Labute approximate surface area is 124 Å². The van der Waals surface area contributed by atoms with Crippen molar-refractivity contribution in [1.82, 2.24) is 0 Å². The van der Waals surface area contributed by atoms with E-state index in [0.717, 1.165) is 22.5 Å². The molecule has 1 amide bonds. The summed E-state index contributed by atoms with van der Waals surface area (Å²) in [6.45, 7) is 4.07. The maximum Gasteiger partial charge on any atom is 0.243 e. The van der Waals surface area contributed by atoms with Crippen LogP contribution < -0.4 is 10.6 Å². The lowest BCUT2D eigenvalue weighted by atomic mass is 10.1. The molecule has 4 nitrogen and oxygen atoms in total. The van der Waals surface area contributed by atoms with Gasteiger partial charge in [-0.3, -0.25) is 4.79 Å². The minimum absolute atomic E-state index is 0.123. The summed E-state index contributed by atoms with van der Waals surface area (Å²) >= 11 is 0. The first-order valence-corrected chi connectivity index (χ1v) is 6.69. The predicted octanol–water partition coefficient (Wildman–Crippen LogP) is 3.23. The molecule has 2 rings (SSSR count). The van der Waals surface area contributed by atoms with Crippen molar-refractivity contribution in [3.63, 3.8) is 0 Å². The molecule has 4 heteroatoms. The van der Waals surface area contributed by atoms with Gasteiger partial charge in [0.05, 0.1) is 18.2 Å². The van der Waals surface area contributed by atoms with Gasteiger partial charge in [0, 0.05) is 11.4 Å². The number of amides is 1. The molecule has 0 heterocycles. The van der Waals surface area contributed by atoms with E-state index in [4.69, 9.17) is 5.26 Å². The van der Waals surface area contributed by atoms with E-state index in [1.54, 1.807) is 12.1 Å². The molecule has 0 saturated carbocycles. The second-order valence-electron chi connectivity index (χ2n) is 4.91. The number of hydrogen-bond acceptors (Lipinski definition) is 3. The fourth-order valence-electron chi connectivity index (χ4n) is 1.99. The molecule has 0 saturated heterocycles. The minimum Gasteiger partial charge on any atom is -0.376 e. The summed E-state index contributed by atoms with van der Waals surface area (Å²) in [5.74, 6) is -0.123. The van der Waals surface area contributed by atoms with Gasteiger partial charge in [-0.05, 0) is 49.2 Å². The Morgan fingerprint density at radius 1 is 1.19 bits per heavy atom. The Morgan fingerprint density at radius 3 is 2.71 bits per heavy atom. The van der Waals surface area contributed by atoms with Crippen molar-refractivity contribution in [2.45, 2.75) is 13.8 Å². The smallest absolute Gasteiger partial charge is 0.243 e. The number of benzene rings is 2. The zero-order valence-corrected chi connectivity index (χ0v) is 12.1. The molecule has 0 aliphatic rings. The number of rotatable bonds is 4. The van der Waals surface area contributed by atoms with Gasteiger partial charge >= 0.3 is 0 Å². The number of anilines is 2. The Hall–Kier alpha value is -2.80. The topological polar surface area (TPSA) is 64.9 Å². The quantitative estimate of drug-likeness (QED) is 0.903. The SMILES string of the molecule is Cc1cccc(NC(=O)CNc2cc(C#N)ccc2C)c1. The highest BCUT2D eigenvalue weighted by Gasteiger charge is 2.05. The summed E-state index contributed by atoms with van der Waals surface area (Å²) in [4.78, 5) is 11.9. The number of nitrogens with zero attached hydrogens (tertiary/aromatic N) is 1. The highest BCUT2D eigenvalue weighted by Crippen LogP contribution is 2.16. The van der Waals surface area contributed by atoms with Crippen LogP contribution in [-0.2, 0) is 4.79 Å². The Balaban J connectivity index is 1.97. The second kappa shape index (κ2) is 6.58. The van der Waals surface area contributed by atoms with Crippen LogP contribution >= 0.6 is 0 Å². The van der Waals surface area contributed by atoms with Crippen LogP contribution in [0, 0.1) is 25.2 Å². The molecule has 2 aromatic carbocycles. The molecule has 0 spiro atoms. The van der Waals surface area contributed by atoms with E-state index in [1.165, 1.54) is 0 Å². The van der Waals surface area contributed by atoms with Gasteiger partial charge < -0.3 is 10.6 Å². The molecular formula is C17H17N3O. The first-order valence-electron chi connectivity index (χ1n) is 6.69. The van der Waals surface area contributed by atoms with E-state index in [9.17, 15) is 4.79 Å². The zero-order chi connectivity index (χ0) is 15.2. The van der Waals surface area contributed by atoms with Gasteiger partial charge in [0.25, 0.3) is 0 Å². The molecule has 0 aliphatic carbocycles. The molecule has 0 radical (unpaired) electrons. The number of nitriles is 1. The molecule has 0 bridgehead atoms. The number of carbonyl (C=O) groups is 1. The van der Waals surface area contributed by atoms with Crippen LogP contribution in [0.1, 0.15) is 16.7 Å². The highest BCUT2D eigenvalue weighted by atomic mass is 16.1. The van der Waals surface area contributed by atoms with E-state index < -0.39 is 0 Å². The van der Waals surface area contributed by atoms with E-state index in [1.807, 2.05) is 44.2 Å². The normalized spacial score (nSPS) is 9.76. The molecule has 2 N–H and O–H groups in total. The first kappa shape index (κ1) is 14.6. The standard InChI is InChI=1S/C17H17N3O/c1-12-4-3-5-15(8-12)20-17(21)11-19-16-9-14(10-18)7-6-13(16)2/h3-9,19H,11H2,1-2H3,(H,20,21). The molecular weight excluding hydrogens is 262 g/mol. The van der Waals surface area contributed by atoms with Crippen LogP contribution in [0.25, 0.3) is 0 Å². The van der Waals surface area contributed by atoms with Gasteiger partial charge in [0.15, 0.2) is 0 Å². The predicted molar refractivity (Wildman–Crippen MR) is 84.2 cm³/mol. The van der Waals surface area contributed by atoms with Crippen molar-refractivity contribution in [2.75, 3.05) is 17.2 Å². The Morgan fingerprint density at radius 2 is 2.00 bits per heavy atom.